The van der Waals surface area contributed by atoms with Crippen molar-refractivity contribution in [1.29, 1.82) is 0 Å². The first-order valence-corrected chi connectivity index (χ1v) is 5.68. The molecule has 0 bridgehead atoms. The SMILES string of the molecule is Cn1cc(COc2ccccc2I)cn1. The van der Waals surface area contributed by atoms with Crippen LogP contribution in [0.3, 0.4) is 0 Å². The molecule has 0 aliphatic heterocycles. The van der Waals surface area contributed by atoms with Crippen LogP contribution in [-0.4, -0.2) is 9.78 Å². The molecule has 0 fully saturated rings. The van der Waals surface area contributed by atoms with Crippen molar-refractivity contribution >= 4 is 22.6 Å². The minimum absolute atomic E-state index is 0.563. The number of rotatable bonds is 3. The zero-order chi connectivity index (χ0) is 10.7. The van der Waals surface area contributed by atoms with Crippen molar-refractivity contribution in [3.05, 3.63) is 45.8 Å². The van der Waals surface area contributed by atoms with E-state index in [1.54, 1.807) is 4.68 Å². The largest absolute Gasteiger partial charge is 0.488 e. The lowest BCUT2D eigenvalue weighted by atomic mass is 10.3. The highest BCUT2D eigenvalue weighted by Gasteiger charge is 2.00. The quantitative estimate of drug-likeness (QED) is 0.814. The van der Waals surface area contributed by atoms with Crippen LogP contribution in [0.15, 0.2) is 36.7 Å². The molecule has 15 heavy (non-hydrogen) atoms. The first-order valence-electron chi connectivity index (χ1n) is 4.60. The second kappa shape index (κ2) is 4.65. The molecule has 78 valence electrons. The van der Waals surface area contributed by atoms with Gasteiger partial charge in [-0.25, -0.2) is 0 Å². The molecular formula is C11H11IN2O. The van der Waals surface area contributed by atoms with Crippen LogP contribution in [-0.2, 0) is 13.7 Å². The van der Waals surface area contributed by atoms with Crippen molar-refractivity contribution in [2.45, 2.75) is 6.61 Å². The van der Waals surface area contributed by atoms with Gasteiger partial charge in [-0.2, -0.15) is 5.10 Å². The van der Waals surface area contributed by atoms with E-state index in [1.165, 1.54) is 0 Å². The summed E-state index contributed by atoms with van der Waals surface area (Å²) in [6.45, 7) is 0.563. The number of aromatic nitrogens is 2. The van der Waals surface area contributed by atoms with Gasteiger partial charge >= 0.3 is 0 Å². The molecule has 0 unspecified atom stereocenters. The molecule has 4 heteroatoms. The molecule has 0 atom stereocenters. The molecule has 0 aliphatic rings. The number of hydrogen-bond acceptors (Lipinski definition) is 2. The van der Waals surface area contributed by atoms with Crippen molar-refractivity contribution in [2.24, 2.45) is 7.05 Å². The predicted molar refractivity (Wildman–Crippen MR) is 66.7 cm³/mol. The first kappa shape index (κ1) is 10.5. The van der Waals surface area contributed by atoms with Gasteiger partial charge in [-0.1, -0.05) is 12.1 Å². The maximum absolute atomic E-state index is 5.68. The Balaban J connectivity index is 2.02. The van der Waals surface area contributed by atoms with E-state index in [2.05, 4.69) is 27.7 Å². The molecule has 0 saturated carbocycles. The molecule has 1 heterocycles. The van der Waals surface area contributed by atoms with Gasteiger partial charge in [0.15, 0.2) is 0 Å². The average Bonchev–Trinajstić information content (AvgIpc) is 2.63. The monoisotopic (exact) mass is 314 g/mol. The van der Waals surface area contributed by atoms with Crippen molar-refractivity contribution in [1.82, 2.24) is 9.78 Å². The zero-order valence-corrected chi connectivity index (χ0v) is 10.5. The van der Waals surface area contributed by atoms with Gasteiger partial charge in [-0.3, -0.25) is 4.68 Å². The van der Waals surface area contributed by atoms with Gasteiger partial charge < -0.3 is 4.74 Å². The molecule has 0 spiro atoms. The Bertz CT molecular complexity index is 453. The standard InChI is InChI=1S/C11H11IN2O/c1-14-7-9(6-13-14)8-15-11-5-3-2-4-10(11)12/h2-7H,8H2,1H3. The van der Waals surface area contributed by atoms with Gasteiger partial charge in [-0.05, 0) is 34.7 Å². The number of halogens is 1. The van der Waals surface area contributed by atoms with Crippen molar-refractivity contribution in [3.63, 3.8) is 0 Å². The summed E-state index contributed by atoms with van der Waals surface area (Å²) < 4.78 is 8.57. The van der Waals surface area contributed by atoms with Crippen LogP contribution < -0.4 is 4.74 Å². The Kier molecular flexibility index (Phi) is 3.25. The van der Waals surface area contributed by atoms with Gasteiger partial charge in [0.2, 0.25) is 0 Å². The summed E-state index contributed by atoms with van der Waals surface area (Å²) in [6.07, 6.45) is 3.77. The number of nitrogens with zero attached hydrogens (tertiary/aromatic N) is 2. The summed E-state index contributed by atoms with van der Waals surface area (Å²) >= 11 is 2.26. The van der Waals surface area contributed by atoms with E-state index in [0.717, 1.165) is 14.9 Å². The van der Waals surface area contributed by atoms with Crippen molar-refractivity contribution in [3.8, 4) is 5.75 Å². The third-order valence-corrected chi connectivity index (χ3v) is 2.88. The average molecular weight is 314 g/mol. The molecule has 1 aromatic carbocycles. The number of ether oxygens (including phenoxy) is 1. The summed E-state index contributed by atoms with van der Waals surface area (Å²) in [5.41, 5.74) is 1.08. The molecule has 2 rings (SSSR count). The van der Waals surface area contributed by atoms with E-state index in [1.807, 2.05) is 43.7 Å². The molecule has 0 radical (unpaired) electrons. The van der Waals surface area contributed by atoms with Crippen LogP contribution in [0.25, 0.3) is 0 Å². The molecule has 0 amide bonds. The Hall–Kier alpha value is -1.04. The minimum Gasteiger partial charge on any atom is -0.488 e. The van der Waals surface area contributed by atoms with Gasteiger partial charge in [0.1, 0.15) is 12.4 Å². The zero-order valence-electron chi connectivity index (χ0n) is 8.35. The third kappa shape index (κ3) is 2.71. The maximum atomic E-state index is 5.68. The summed E-state index contributed by atoms with van der Waals surface area (Å²) in [5.74, 6) is 0.918. The van der Waals surface area contributed by atoms with Gasteiger partial charge in [0.25, 0.3) is 0 Å². The fourth-order valence-corrected chi connectivity index (χ4v) is 1.81. The van der Waals surface area contributed by atoms with Crippen LogP contribution in [0.1, 0.15) is 5.56 Å². The lowest BCUT2D eigenvalue weighted by Crippen LogP contribution is -1.95. The van der Waals surface area contributed by atoms with E-state index >= 15 is 0 Å². The maximum Gasteiger partial charge on any atom is 0.133 e. The first-order chi connectivity index (χ1) is 7.25. The highest BCUT2D eigenvalue weighted by atomic mass is 127. The lowest BCUT2D eigenvalue weighted by molar-refractivity contribution is 0.304. The minimum atomic E-state index is 0.563. The molecule has 0 saturated heterocycles. The van der Waals surface area contributed by atoms with Crippen LogP contribution in [0, 0.1) is 3.57 Å². The summed E-state index contributed by atoms with van der Waals surface area (Å²) in [4.78, 5) is 0. The molecule has 2 aromatic rings. The normalized spacial score (nSPS) is 10.3. The number of para-hydroxylation sites is 1. The van der Waals surface area contributed by atoms with Crippen LogP contribution >= 0.6 is 22.6 Å². The smallest absolute Gasteiger partial charge is 0.133 e. The highest BCUT2D eigenvalue weighted by Crippen LogP contribution is 2.20. The summed E-state index contributed by atoms with van der Waals surface area (Å²) in [7, 11) is 1.90. The fraction of sp³-hybridized carbons (Fsp3) is 0.182. The summed E-state index contributed by atoms with van der Waals surface area (Å²) in [6, 6.07) is 7.97. The van der Waals surface area contributed by atoms with E-state index < -0.39 is 0 Å². The Morgan fingerprint density at radius 1 is 1.40 bits per heavy atom. The van der Waals surface area contributed by atoms with Crippen LogP contribution in [0.2, 0.25) is 0 Å². The highest BCUT2D eigenvalue weighted by molar-refractivity contribution is 14.1. The lowest BCUT2D eigenvalue weighted by Gasteiger charge is -2.05. The number of aryl methyl sites for hydroxylation is 1. The fourth-order valence-electron chi connectivity index (χ4n) is 1.27. The molecular weight excluding hydrogens is 303 g/mol. The number of hydrogen-bond donors (Lipinski definition) is 0. The van der Waals surface area contributed by atoms with Gasteiger partial charge in [0.05, 0.1) is 9.77 Å². The predicted octanol–water partition coefficient (Wildman–Crippen LogP) is 2.60. The molecule has 3 nitrogen and oxygen atoms in total. The van der Waals surface area contributed by atoms with Gasteiger partial charge in [-0.15, -0.1) is 0 Å². The topological polar surface area (TPSA) is 27.1 Å². The van der Waals surface area contributed by atoms with Gasteiger partial charge in [0, 0.05) is 18.8 Å². The second-order valence-electron chi connectivity index (χ2n) is 3.24. The van der Waals surface area contributed by atoms with Crippen molar-refractivity contribution < 1.29 is 4.74 Å². The molecule has 0 aliphatic carbocycles. The van der Waals surface area contributed by atoms with Crippen LogP contribution in [0.5, 0.6) is 5.75 Å². The van der Waals surface area contributed by atoms with Crippen LogP contribution in [0.4, 0.5) is 0 Å². The van der Waals surface area contributed by atoms with Crippen molar-refractivity contribution in [2.75, 3.05) is 0 Å². The number of benzene rings is 1. The third-order valence-electron chi connectivity index (χ3n) is 1.99. The second-order valence-corrected chi connectivity index (χ2v) is 4.40. The Labute approximate surface area is 102 Å². The van der Waals surface area contributed by atoms with E-state index in [-0.39, 0.29) is 0 Å². The molecule has 0 N–H and O–H groups in total. The van der Waals surface area contributed by atoms with E-state index in [0.29, 0.717) is 6.61 Å². The Morgan fingerprint density at radius 3 is 2.87 bits per heavy atom. The van der Waals surface area contributed by atoms with E-state index in [9.17, 15) is 0 Å². The molecule has 1 aromatic heterocycles. The van der Waals surface area contributed by atoms with E-state index in [4.69, 9.17) is 4.74 Å². The summed E-state index contributed by atoms with van der Waals surface area (Å²) in [5, 5.41) is 4.09. The Morgan fingerprint density at radius 2 is 2.20 bits per heavy atom.